The summed E-state index contributed by atoms with van der Waals surface area (Å²) in [6.07, 6.45) is 4.18. The highest BCUT2D eigenvalue weighted by Crippen LogP contribution is 2.23. The van der Waals surface area contributed by atoms with Gasteiger partial charge in [0.15, 0.2) is 0 Å². The topological polar surface area (TPSA) is 12.0 Å². The highest BCUT2D eigenvalue weighted by molar-refractivity contribution is 6.35. The minimum Gasteiger partial charge on any atom is -0.319 e. The number of benzene rings is 1. The molecule has 0 atom stereocenters. The molecular weight excluding hydrogens is 241 g/mol. The lowest BCUT2D eigenvalue weighted by molar-refractivity contribution is 0.803. The number of nitrogens with one attached hydrogen (secondary N) is 1. The molecule has 0 amide bonds. The zero-order chi connectivity index (χ0) is 12.0. The smallest absolute Gasteiger partial charge is 0.0456 e. The Bertz CT molecular complexity index is 372. The van der Waals surface area contributed by atoms with Crippen LogP contribution in [0.2, 0.25) is 10.0 Å². The fraction of sp³-hybridized carbons (Fsp3) is 0.385. The fourth-order valence-corrected chi connectivity index (χ4v) is 1.98. The standard InChI is InChI=1S/C13H17Cl2N/c1-10(4-3-7-16-2)8-11-5-6-12(14)9-13(11)15/h4-6,9,16H,3,7-8H2,1-2H3. The first-order chi connectivity index (χ1) is 7.63. The number of hydrogen-bond donors (Lipinski definition) is 1. The van der Waals surface area contributed by atoms with Gasteiger partial charge in [0.2, 0.25) is 0 Å². The molecule has 0 fully saturated rings. The van der Waals surface area contributed by atoms with Crippen LogP contribution in [-0.4, -0.2) is 13.6 Å². The molecule has 3 heteroatoms. The quantitative estimate of drug-likeness (QED) is 0.619. The molecule has 88 valence electrons. The molecule has 0 heterocycles. The van der Waals surface area contributed by atoms with Crippen LogP contribution in [-0.2, 0) is 6.42 Å². The molecule has 0 bridgehead atoms. The second-order valence-electron chi connectivity index (χ2n) is 3.86. The third kappa shape index (κ3) is 4.56. The van der Waals surface area contributed by atoms with Gasteiger partial charge in [-0.2, -0.15) is 0 Å². The van der Waals surface area contributed by atoms with E-state index in [0.717, 1.165) is 30.0 Å². The molecule has 1 rings (SSSR count). The molecule has 0 unspecified atom stereocenters. The third-order valence-electron chi connectivity index (χ3n) is 2.37. The van der Waals surface area contributed by atoms with E-state index in [2.05, 4.69) is 18.3 Å². The second-order valence-corrected chi connectivity index (χ2v) is 4.70. The monoisotopic (exact) mass is 257 g/mol. The van der Waals surface area contributed by atoms with Crippen LogP contribution in [0, 0.1) is 0 Å². The molecular formula is C13H17Cl2N. The van der Waals surface area contributed by atoms with Gasteiger partial charge in [0.25, 0.3) is 0 Å². The van der Waals surface area contributed by atoms with Gasteiger partial charge in [-0.25, -0.2) is 0 Å². The van der Waals surface area contributed by atoms with Crippen LogP contribution in [0.5, 0.6) is 0 Å². The summed E-state index contributed by atoms with van der Waals surface area (Å²) in [5.74, 6) is 0. The SMILES string of the molecule is CNCCC=C(C)Cc1ccc(Cl)cc1Cl. The van der Waals surface area contributed by atoms with Crippen LogP contribution < -0.4 is 5.32 Å². The highest BCUT2D eigenvalue weighted by atomic mass is 35.5. The Labute approximate surface area is 107 Å². The Hall–Kier alpha value is -0.500. The second kappa shape index (κ2) is 6.95. The lowest BCUT2D eigenvalue weighted by Gasteiger charge is -2.05. The van der Waals surface area contributed by atoms with Crippen LogP contribution in [0.1, 0.15) is 18.9 Å². The lowest BCUT2D eigenvalue weighted by atomic mass is 10.1. The summed E-state index contributed by atoms with van der Waals surface area (Å²) >= 11 is 12.0. The Morgan fingerprint density at radius 1 is 1.38 bits per heavy atom. The van der Waals surface area contributed by atoms with Gasteiger partial charge in [-0.3, -0.25) is 0 Å². The number of rotatable bonds is 5. The Morgan fingerprint density at radius 2 is 2.12 bits per heavy atom. The number of allylic oxidation sites excluding steroid dienone is 1. The molecule has 1 N–H and O–H groups in total. The fourth-order valence-electron chi connectivity index (χ4n) is 1.50. The van der Waals surface area contributed by atoms with Crippen molar-refractivity contribution in [3.63, 3.8) is 0 Å². The van der Waals surface area contributed by atoms with Crippen LogP contribution in [0.3, 0.4) is 0 Å². The molecule has 0 saturated carbocycles. The maximum atomic E-state index is 6.11. The van der Waals surface area contributed by atoms with Crippen LogP contribution in [0.15, 0.2) is 29.8 Å². The van der Waals surface area contributed by atoms with E-state index in [1.54, 1.807) is 6.07 Å². The van der Waals surface area contributed by atoms with Crippen molar-refractivity contribution in [1.29, 1.82) is 0 Å². The largest absolute Gasteiger partial charge is 0.319 e. The van der Waals surface area contributed by atoms with Gasteiger partial charge >= 0.3 is 0 Å². The summed E-state index contributed by atoms with van der Waals surface area (Å²) < 4.78 is 0. The summed E-state index contributed by atoms with van der Waals surface area (Å²) in [7, 11) is 1.96. The molecule has 1 aromatic rings. The van der Waals surface area contributed by atoms with Gasteiger partial charge in [-0.1, -0.05) is 40.9 Å². The normalized spacial score (nSPS) is 11.9. The van der Waals surface area contributed by atoms with Crippen molar-refractivity contribution >= 4 is 23.2 Å². The van der Waals surface area contributed by atoms with E-state index in [4.69, 9.17) is 23.2 Å². The number of hydrogen-bond acceptors (Lipinski definition) is 1. The maximum absolute atomic E-state index is 6.11. The molecule has 0 spiro atoms. The third-order valence-corrected chi connectivity index (χ3v) is 2.96. The van der Waals surface area contributed by atoms with Crippen LogP contribution in [0.25, 0.3) is 0 Å². The van der Waals surface area contributed by atoms with Gasteiger partial charge in [-0.05, 0) is 51.1 Å². The predicted octanol–water partition coefficient (Wildman–Crippen LogP) is 4.09. The first-order valence-electron chi connectivity index (χ1n) is 5.37. The minimum absolute atomic E-state index is 0.686. The zero-order valence-electron chi connectivity index (χ0n) is 9.69. The minimum atomic E-state index is 0.686. The Balaban J connectivity index is 2.62. The van der Waals surface area contributed by atoms with Crippen LogP contribution in [0.4, 0.5) is 0 Å². The van der Waals surface area contributed by atoms with Gasteiger partial charge in [-0.15, -0.1) is 0 Å². The van der Waals surface area contributed by atoms with Gasteiger partial charge in [0.1, 0.15) is 0 Å². The van der Waals surface area contributed by atoms with Crippen molar-refractivity contribution in [1.82, 2.24) is 5.32 Å². The molecule has 0 aliphatic heterocycles. The maximum Gasteiger partial charge on any atom is 0.0456 e. The summed E-state index contributed by atoms with van der Waals surface area (Å²) in [6.45, 7) is 3.13. The first kappa shape index (κ1) is 13.6. The van der Waals surface area contributed by atoms with E-state index >= 15 is 0 Å². The zero-order valence-corrected chi connectivity index (χ0v) is 11.2. The van der Waals surface area contributed by atoms with Crippen molar-refractivity contribution in [3.05, 3.63) is 45.5 Å². The molecule has 1 aromatic carbocycles. The van der Waals surface area contributed by atoms with Gasteiger partial charge in [0.05, 0.1) is 0 Å². The van der Waals surface area contributed by atoms with E-state index < -0.39 is 0 Å². The Kier molecular flexibility index (Phi) is 5.89. The molecule has 0 aliphatic carbocycles. The van der Waals surface area contributed by atoms with Gasteiger partial charge < -0.3 is 5.32 Å². The van der Waals surface area contributed by atoms with Crippen molar-refractivity contribution in [2.24, 2.45) is 0 Å². The van der Waals surface area contributed by atoms with Gasteiger partial charge in [0, 0.05) is 10.0 Å². The number of halogens is 2. The van der Waals surface area contributed by atoms with Crippen LogP contribution >= 0.6 is 23.2 Å². The van der Waals surface area contributed by atoms with Crippen molar-refractivity contribution in [3.8, 4) is 0 Å². The summed E-state index contributed by atoms with van der Waals surface area (Å²) in [6, 6.07) is 5.66. The van der Waals surface area contributed by atoms with E-state index in [1.165, 1.54) is 5.57 Å². The Morgan fingerprint density at radius 3 is 2.75 bits per heavy atom. The average molecular weight is 258 g/mol. The lowest BCUT2D eigenvalue weighted by Crippen LogP contribution is -2.06. The molecule has 0 aliphatic rings. The predicted molar refractivity (Wildman–Crippen MR) is 72.5 cm³/mol. The van der Waals surface area contributed by atoms with E-state index in [-0.39, 0.29) is 0 Å². The van der Waals surface area contributed by atoms with E-state index in [1.807, 2.05) is 19.2 Å². The molecule has 0 radical (unpaired) electrons. The molecule has 0 saturated heterocycles. The van der Waals surface area contributed by atoms with E-state index in [0.29, 0.717) is 5.02 Å². The summed E-state index contributed by atoms with van der Waals surface area (Å²) in [4.78, 5) is 0. The molecule has 0 aromatic heterocycles. The average Bonchev–Trinajstić information content (AvgIpc) is 2.23. The van der Waals surface area contributed by atoms with Crippen molar-refractivity contribution < 1.29 is 0 Å². The van der Waals surface area contributed by atoms with Crippen molar-refractivity contribution in [2.75, 3.05) is 13.6 Å². The highest BCUT2D eigenvalue weighted by Gasteiger charge is 2.01. The molecule has 16 heavy (non-hydrogen) atoms. The van der Waals surface area contributed by atoms with E-state index in [9.17, 15) is 0 Å². The van der Waals surface area contributed by atoms with Crippen molar-refractivity contribution in [2.45, 2.75) is 19.8 Å². The molecule has 1 nitrogen and oxygen atoms in total. The summed E-state index contributed by atoms with van der Waals surface area (Å²) in [5, 5.41) is 4.55. The first-order valence-corrected chi connectivity index (χ1v) is 6.13. The summed E-state index contributed by atoms with van der Waals surface area (Å²) in [5.41, 5.74) is 2.46.